The molecule has 0 bridgehead atoms. The van der Waals surface area contributed by atoms with Gasteiger partial charge in [0.25, 0.3) is 0 Å². The minimum absolute atomic E-state index is 0.0584. The summed E-state index contributed by atoms with van der Waals surface area (Å²) in [7, 11) is 0. The average molecular weight is 282 g/mol. The molecule has 2 N–H and O–H groups in total. The molecule has 3 heteroatoms. The molecule has 2 atom stereocenters. The average Bonchev–Trinajstić information content (AvgIpc) is 2.39. The lowest BCUT2D eigenvalue weighted by atomic mass is 9.94. The summed E-state index contributed by atoms with van der Waals surface area (Å²) in [6, 6.07) is 5.80. The zero-order valence-electron chi connectivity index (χ0n) is 11.7. The SMILES string of the molecule is CCCCCCCC1CC(N)c2cc(Cl)ccc2O1. The van der Waals surface area contributed by atoms with Crippen LogP contribution in [0.2, 0.25) is 5.02 Å². The molecule has 0 fully saturated rings. The molecule has 0 saturated carbocycles. The van der Waals surface area contributed by atoms with Crippen molar-refractivity contribution in [1.82, 2.24) is 0 Å². The van der Waals surface area contributed by atoms with Crippen molar-refractivity contribution in [3.63, 3.8) is 0 Å². The maximum absolute atomic E-state index is 6.22. The number of benzene rings is 1. The number of hydrogen-bond acceptors (Lipinski definition) is 2. The van der Waals surface area contributed by atoms with Crippen LogP contribution >= 0.6 is 11.6 Å². The van der Waals surface area contributed by atoms with Crippen LogP contribution in [0.5, 0.6) is 5.75 Å². The van der Waals surface area contributed by atoms with Gasteiger partial charge in [-0.1, -0.05) is 44.2 Å². The van der Waals surface area contributed by atoms with E-state index in [9.17, 15) is 0 Å². The summed E-state index contributed by atoms with van der Waals surface area (Å²) in [6.45, 7) is 2.24. The molecule has 1 aliphatic heterocycles. The highest BCUT2D eigenvalue weighted by Crippen LogP contribution is 2.36. The number of fused-ring (bicyclic) bond motifs is 1. The quantitative estimate of drug-likeness (QED) is 0.757. The van der Waals surface area contributed by atoms with Crippen molar-refractivity contribution < 1.29 is 4.74 Å². The molecule has 106 valence electrons. The molecule has 2 unspecified atom stereocenters. The van der Waals surface area contributed by atoms with Crippen LogP contribution in [0.1, 0.15) is 63.5 Å². The van der Waals surface area contributed by atoms with Gasteiger partial charge in [-0.15, -0.1) is 0 Å². The molecule has 1 aromatic carbocycles. The van der Waals surface area contributed by atoms with Gasteiger partial charge in [-0.05, 0) is 31.0 Å². The lowest BCUT2D eigenvalue weighted by molar-refractivity contribution is 0.146. The van der Waals surface area contributed by atoms with Gasteiger partial charge >= 0.3 is 0 Å². The van der Waals surface area contributed by atoms with Gasteiger partial charge in [0.1, 0.15) is 11.9 Å². The van der Waals surface area contributed by atoms with Crippen LogP contribution in [0.25, 0.3) is 0 Å². The molecule has 0 aliphatic carbocycles. The van der Waals surface area contributed by atoms with Gasteiger partial charge in [-0.25, -0.2) is 0 Å². The van der Waals surface area contributed by atoms with Crippen LogP contribution in [0.3, 0.4) is 0 Å². The molecule has 0 saturated heterocycles. The van der Waals surface area contributed by atoms with Crippen molar-refractivity contribution >= 4 is 11.6 Å². The molecule has 1 aromatic rings. The van der Waals surface area contributed by atoms with E-state index >= 15 is 0 Å². The highest BCUT2D eigenvalue weighted by atomic mass is 35.5. The Bertz CT molecular complexity index is 408. The highest BCUT2D eigenvalue weighted by molar-refractivity contribution is 6.30. The minimum atomic E-state index is 0.0584. The van der Waals surface area contributed by atoms with Crippen LogP contribution in [-0.2, 0) is 0 Å². The molecule has 1 aliphatic rings. The Labute approximate surface area is 121 Å². The Morgan fingerprint density at radius 2 is 2.05 bits per heavy atom. The van der Waals surface area contributed by atoms with E-state index in [0.29, 0.717) is 0 Å². The zero-order valence-corrected chi connectivity index (χ0v) is 12.5. The molecule has 2 rings (SSSR count). The van der Waals surface area contributed by atoms with Crippen molar-refractivity contribution in [3.8, 4) is 5.75 Å². The summed E-state index contributed by atoms with van der Waals surface area (Å²) >= 11 is 6.00. The van der Waals surface area contributed by atoms with Gasteiger partial charge < -0.3 is 10.5 Å². The van der Waals surface area contributed by atoms with Gasteiger partial charge in [-0.3, -0.25) is 0 Å². The van der Waals surface area contributed by atoms with Crippen molar-refractivity contribution in [2.24, 2.45) is 5.73 Å². The molecule has 2 nitrogen and oxygen atoms in total. The van der Waals surface area contributed by atoms with Gasteiger partial charge in [0.2, 0.25) is 0 Å². The monoisotopic (exact) mass is 281 g/mol. The first-order chi connectivity index (χ1) is 9.20. The van der Waals surface area contributed by atoms with E-state index in [2.05, 4.69) is 6.92 Å². The summed E-state index contributed by atoms with van der Waals surface area (Å²) in [4.78, 5) is 0. The molecule has 0 amide bonds. The second-order valence-corrected chi connectivity index (χ2v) is 5.90. The lowest BCUT2D eigenvalue weighted by Gasteiger charge is -2.30. The zero-order chi connectivity index (χ0) is 13.7. The van der Waals surface area contributed by atoms with Crippen LogP contribution in [0.4, 0.5) is 0 Å². The van der Waals surface area contributed by atoms with Crippen LogP contribution in [0, 0.1) is 0 Å². The normalized spacial score (nSPS) is 21.8. The Kier molecular flexibility index (Phi) is 5.53. The third-order valence-corrected chi connectivity index (χ3v) is 4.05. The van der Waals surface area contributed by atoms with E-state index in [1.807, 2.05) is 18.2 Å². The first-order valence-electron chi connectivity index (χ1n) is 7.42. The van der Waals surface area contributed by atoms with E-state index < -0.39 is 0 Å². The maximum atomic E-state index is 6.22. The summed E-state index contributed by atoms with van der Waals surface area (Å²) in [5.74, 6) is 0.918. The summed E-state index contributed by atoms with van der Waals surface area (Å²) < 4.78 is 6.03. The Balaban J connectivity index is 1.85. The summed E-state index contributed by atoms with van der Waals surface area (Å²) in [6.07, 6.45) is 8.79. The Hall–Kier alpha value is -0.730. The minimum Gasteiger partial charge on any atom is -0.490 e. The Morgan fingerprint density at radius 1 is 1.26 bits per heavy atom. The van der Waals surface area contributed by atoms with Crippen LogP contribution < -0.4 is 10.5 Å². The van der Waals surface area contributed by atoms with Crippen molar-refractivity contribution in [3.05, 3.63) is 28.8 Å². The van der Waals surface area contributed by atoms with Crippen LogP contribution in [-0.4, -0.2) is 6.10 Å². The molecule has 0 spiro atoms. The second kappa shape index (κ2) is 7.16. The number of unbranched alkanes of at least 4 members (excludes halogenated alkanes) is 4. The van der Waals surface area contributed by atoms with Gasteiger partial charge in [0, 0.05) is 23.0 Å². The van der Waals surface area contributed by atoms with Crippen LogP contribution in [0.15, 0.2) is 18.2 Å². The van der Waals surface area contributed by atoms with Gasteiger partial charge in [-0.2, -0.15) is 0 Å². The molecule has 0 radical (unpaired) electrons. The fraction of sp³-hybridized carbons (Fsp3) is 0.625. The third-order valence-electron chi connectivity index (χ3n) is 3.81. The molecular formula is C16H24ClNO. The maximum Gasteiger partial charge on any atom is 0.124 e. The van der Waals surface area contributed by atoms with E-state index in [1.165, 1.54) is 32.1 Å². The Morgan fingerprint density at radius 3 is 2.84 bits per heavy atom. The van der Waals surface area contributed by atoms with Gasteiger partial charge in [0.05, 0.1) is 0 Å². The topological polar surface area (TPSA) is 35.2 Å². The third kappa shape index (κ3) is 4.12. The van der Waals surface area contributed by atoms with E-state index in [-0.39, 0.29) is 12.1 Å². The lowest BCUT2D eigenvalue weighted by Crippen LogP contribution is -2.29. The summed E-state index contributed by atoms with van der Waals surface area (Å²) in [5, 5.41) is 0.732. The number of ether oxygens (including phenoxy) is 1. The van der Waals surface area contributed by atoms with Gasteiger partial charge in [0.15, 0.2) is 0 Å². The van der Waals surface area contributed by atoms with E-state index in [0.717, 1.165) is 29.2 Å². The highest BCUT2D eigenvalue weighted by Gasteiger charge is 2.25. The van der Waals surface area contributed by atoms with Crippen molar-refractivity contribution in [2.45, 2.75) is 64.0 Å². The summed E-state index contributed by atoms with van der Waals surface area (Å²) in [5.41, 5.74) is 7.27. The predicted molar refractivity (Wildman–Crippen MR) is 80.8 cm³/mol. The number of rotatable bonds is 6. The molecule has 19 heavy (non-hydrogen) atoms. The van der Waals surface area contributed by atoms with Crippen molar-refractivity contribution in [2.75, 3.05) is 0 Å². The largest absolute Gasteiger partial charge is 0.490 e. The smallest absolute Gasteiger partial charge is 0.124 e. The van der Waals surface area contributed by atoms with E-state index in [1.54, 1.807) is 0 Å². The van der Waals surface area contributed by atoms with E-state index in [4.69, 9.17) is 22.1 Å². The fourth-order valence-electron chi connectivity index (χ4n) is 2.71. The fourth-order valence-corrected chi connectivity index (χ4v) is 2.89. The standard InChI is InChI=1S/C16H24ClNO/c1-2-3-4-5-6-7-13-11-15(18)14-10-12(17)8-9-16(14)19-13/h8-10,13,15H,2-7,11,18H2,1H3. The molecule has 1 heterocycles. The molecule has 0 aromatic heterocycles. The second-order valence-electron chi connectivity index (χ2n) is 5.47. The number of hydrogen-bond donors (Lipinski definition) is 1. The first-order valence-corrected chi connectivity index (χ1v) is 7.80. The molecular weight excluding hydrogens is 258 g/mol. The number of halogens is 1. The van der Waals surface area contributed by atoms with Crippen molar-refractivity contribution in [1.29, 1.82) is 0 Å². The first kappa shape index (κ1) is 14.7. The number of nitrogens with two attached hydrogens (primary N) is 1. The predicted octanol–water partition coefficient (Wildman–Crippen LogP) is 4.85.